The van der Waals surface area contributed by atoms with Crippen LogP contribution in [0.2, 0.25) is 0 Å². The molecule has 1 saturated heterocycles. The Bertz CT molecular complexity index is 930. The molecule has 4 aromatic rings. The van der Waals surface area contributed by atoms with Crippen molar-refractivity contribution in [1.82, 2.24) is 0 Å². The molecule has 1 fully saturated rings. The third-order valence-electron chi connectivity index (χ3n) is 6.11. The first kappa shape index (κ1) is 31.3. The van der Waals surface area contributed by atoms with Gasteiger partial charge in [-0.1, -0.05) is 121 Å². The number of ether oxygens (including phenoxy) is 1. The number of unbranched alkanes of at least 4 members (excludes halogenated alkanes) is 1. The molecule has 0 spiro atoms. The van der Waals surface area contributed by atoms with Gasteiger partial charge in [0.05, 0.1) is 0 Å². The minimum Gasteiger partial charge on any atom is -0.0622 e. The van der Waals surface area contributed by atoms with Crippen LogP contribution >= 0.6 is 36.1 Å². The topological polar surface area (TPSA) is 9.23 Å². The summed E-state index contributed by atoms with van der Waals surface area (Å²) in [6.07, 6.45) is 7.62. The van der Waals surface area contributed by atoms with Crippen LogP contribution in [0.1, 0.15) is 25.7 Å². The van der Waals surface area contributed by atoms with Gasteiger partial charge in [0.25, 0.3) is 0 Å². The molecule has 0 aliphatic carbocycles. The number of benzene rings is 4. The Hall–Kier alpha value is -1.21. The van der Waals surface area contributed by atoms with E-state index in [1.807, 2.05) is 0 Å². The van der Waals surface area contributed by atoms with Crippen molar-refractivity contribution in [2.45, 2.75) is 25.7 Å². The Balaban J connectivity index is 0.000000433. The maximum absolute atomic E-state index is 4.94. The van der Waals surface area contributed by atoms with E-state index < -0.39 is 0 Å². The molecule has 1 aliphatic heterocycles. The smallest absolute Gasteiger partial charge is 0.0195 e. The summed E-state index contributed by atoms with van der Waals surface area (Å²) < 4.78 is 4.94. The van der Waals surface area contributed by atoms with E-state index in [4.69, 9.17) is 25.0 Å². The predicted octanol–water partition coefficient (Wildman–Crippen LogP) is 8.21. The van der Waals surface area contributed by atoms with Crippen LogP contribution in [0.3, 0.4) is 0 Å². The summed E-state index contributed by atoms with van der Waals surface area (Å²) >= 11 is 0.382. The van der Waals surface area contributed by atoms with E-state index in [1.54, 1.807) is 0 Å². The molecule has 4 aromatic carbocycles. The zero-order valence-electron chi connectivity index (χ0n) is 21.6. The van der Waals surface area contributed by atoms with E-state index in [9.17, 15) is 0 Å². The minimum absolute atomic E-state index is 0.283. The first-order valence-electron chi connectivity index (χ1n) is 13.0. The molecule has 1 nitrogen and oxygen atoms in total. The molecule has 6 heteroatoms. The third-order valence-corrected chi connectivity index (χ3v) is 11.3. The van der Waals surface area contributed by atoms with Gasteiger partial charge >= 0.3 is 33.2 Å². The molecular weight excluding hydrogens is 592 g/mol. The molecule has 0 amide bonds. The van der Waals surface area contributed by atoms with Crippen molar-refractivity contribution in [2.75, 3.05) is 25.5 Å². The molecular formula is C32H36Cl2CoOP2. The summed E-state index contributed by atoms with van der Waals surface area (Å²) in [7, 11) is 8.90. The fraction of sp³-hybridized carbons (Fsp3) is 0.250. The van der Waals surface area contributed by atoms with Gasteiger partial charge in [-0.25, -0.2) is 0 Å². The Labute approximate surface area is 246 Å². The first-order chi connectivity index (χ1) is 18.8. The molecule has 0 bridgehead atoms. The van der Waals surface area contributed by atoms with Crippen molar-refractivity contribution in [1.29, 1.82) is 0 Å². The number of halogens is 2. The Morgan fingerprint density at radius 3 is 0.974 bits per heavy atom. The number of hydrogen-bond donors (Lipinski definition) is 0. The van der Waals surface area contributed by atoms with Gasteiger partial charge in [-0.05, 0) is 75.1 Å². The Morgan fingerprint density at radius 2 is 0.763 bits per heavy atom. The van der Waals surface area contributed by atoms with E-state index in [0.717, 1.165) is 13.2 Å². The van der Waals surface area contributed by atoms with E-state index in [-0.39, 0.29) is 15.8 Å². The maximum atomic E-state index is 4.94. The Morgan fingerprint density at radius 1 is 0.500 bits per heavy atom. The van der Waals surface area contributed by atoms with Gasteiger partial charge in [0, 0.05) is 13.2 Å². The monoisotopic (exact) mass is 627 g/mol. The van der Waals surface area contributed by atoms with Gasteiger partial charge in [-0.3, -0.25) is 0 Å². The maximum Gasteiger partial charge on any atom is -0.0195 e. The first-order valence-corrected chi connectivity index (χ1v) is 18.9. The Kier molecular flexibility index (Phi) is 16.3. The second kappa shape index (κ2) is 19.8. The van der Waals surface area contributed by atoms with Gasteiger partial charge in [-0.15, -0.1) is 0 Å². The fourth-order valence-corrected chi connectivity index (χ4v) is 9.13. The zero-order chi connectivity index (χ0) is 26.7. The van der Waals surface area contributed by atoms with Gasteiger partial charge in [0.1, 0.15) is 0 Å². The van der Waals surface area contributed by atoms with Crippen LogP contribution in [0.5, 0.6) is 0 Å². The number of hydrogen-bond acceptors (Lipinski definition) is 1. The molecule has 203 valence electrons. The summed E-state index contributed by atoms with van der Waals surface area (Å²) in [4.78, 5) is 0. The summed E-state index contributed by atoms with van der Waals surface area (Å²) in [6.45, 7) is 2.00. The molecule has 0 radical (unpaired) electrons. The van der Waals surface area contributed by atoms with Crippen LogP contribution in [0.4, 0.5) is 0 Å². The second-order valence-corrected chi connectivity index (χ2v) is 15.1. The van der Waals surface area contributed by atoms with Gasteiger partial charge in [-0.2, -0.15) is 0 Å². The van der Waals surface area contributed by atoms with Crippen LogP contribution in [-0.2, 0) is 17.6 Å². The SMILES string of the molecule is C1CCOC1.[Cl][Co][Cl].c1ccc(P(CCCCP(c2ccccc2)c2ccccc2)c2ccccc2)cc1. The normalized spacial score (nSPS) is 12.5. The van der Waals surface area contributed by atoms with Crippen molar-refractivity contribution in [3.63, 3.8) is 0 Å². The van der Waals surface area contributed by atoms with Crippen molar-refractivity contribution < 1.29 is 17.6 Å². The van der Waals surface area contributed by atoms with E-state index >= 15 is 0 Å². The van der Waals surface area contributed by atoms with Crippen molar-refractivity contribution in [2.24, 2.45) is 0 Å². The predicted molar refractivity (Wildman–Crippen MR) is 169 cm³/mol. The molecule has 0 atom stereocenters. The summed E-state index contributed by atoms with van der Waals surface area (Å²) in [5.41, 5.74) is 0. The largest absolute Gasteiger partial charge is 0.0622 e. The van der Waals surface area contributed by atoms with E-state index in [1.165, 1.54) is 59.2 Å². The minimum atomic E-state index is -0.283. The molecule has 0 saturated carbocycles. The van der Waals surface area contributed by atoms with E-state index in [2.05, 4.69) is 121 Å². The van der Waals surface area contributed by atoms with Gasteiger partial charge < -0.3 is 4.74 Å². The second-order valence-electron chi connectivity index (χ2n) is 8.72. The standard InChI is InChI=1S/C28H28P2.C4H8O.2ClH.Co/c1-5-15-25(16-6-1)29(26-17-7-2-8-18-26)23-13-14-24-30(27-19-9-3-10-20-27)28-21-11-4-12-22-28;1-2-4-5-3-1;;;/h1-12,15-22H,13-14,23-24H2;1-4H2;2*1H;/q;;;;+2/p-2. The van der Waals surface area contributed by atoms with Crippen LogP contribution in [-0.4, -0.2) is 25.5 Å². The molecule has 0 aromatic heterocycles. The van der Waals surface area contributed by atoms with Crippen molar-refractivity contribution in [3.05, 3.63) is 121 Å². The molecule has 1 heterocycles. The van der Waals surface area contributed by atoms with Crippen LogP contribution < -0.4 is 21.2 Å². The average molecular weight is 628 g/mol. The molecule has 1 aliphatic rings. The van der Waals surface area contributed by atoms with Crippen molar-refractivity contribution in [3.8, 4) is 0 Å². The van der Waals surface area contributed by atoms with Crippen LogP contribution in [0.25, 0.3) is 0 Å². The average Bonchev–Trinajstić information content (AvgIpc) is 3.58. The zero-order valence-corrected chi connectivity index (χ0v) is 25.9. The molecule has 5 rings (SSSR count). The summed E-state index contributed by atoms with van der Waals surface area (Å²) in [5, 5.41) is 5.97. The molecule has 0 N–H and O–H groups in total. The number of rotatable bonds is 9. The van der Waals surface area contributed by atoms with Crippen LogP contribution in [0, 0.1) is 0 Å². The van der Waals surface area contributed by atoms with E-state index in [0.29, 0.717) is 12.9 Å². The third kappa shape index (κ3) is 11.5. The molecule has 38 heavy (non-hydrogen) atoms. The van der Waals surface area contributed by atoms with Crippen LogP contribution in [0.15, 0.2) is 121 Å². The van der Waals surface area contributed by atoms with Crippen molar-refractivity contribution >= 4 is 57.4 Å². The summed E-state index contributed by atoms with van der Waals surface area (Å²) in [5.74, 6) is 0. The summed E-state index contributed by atoms with van der Waals surface area (Å²) in [6, 6.07) is 44.3. The van der Waals surface area contributed by atoms with Gasteiger partial charge in [0.15, 0.2) is 0 Å². The fourth-order valence-electron chi connectivity index (χ4n) is 4.30. The molecule has 0 unspecified atom stereocenters. The quantitative estimate of drug-likeness (QED) is 0.134. The van der Waals surface area contributed by atoms with Gasteiger partial charge in [0.2, 0.25) is 0 Å².